The Morgan fingerprint density at radius 3 is 2.94 bits per heavy atom. The number of para-hydroxylation sites is 1. The van der Waals surface area contributed by atoms with Crippen LogP contribution in [0, 0.1) is 0 Å². The second-order valence-corrected chi connectivity index (χ2v) is 5.00. The Labute approximate surface area is 113 Å². The van der Waals surface area contributed by atoms with Gasteiger partial charge in [0, 0.05) is 6.54 Å². The van der Waals surface area contributed by atoms with Crippen LogP contribution in [0.5, 0.6) is 0 Å². The zero-order chi connectivity index (χ0) is 13.0. The van der Waals surface area contributed by atoms with Crippen molar-refractivity contribution in [3.05, 3.63) is 29.3 Å². The van der Waals surface area contributed by atoms with Gasteiger partial charge in [-0.1, -0.05) is 30.7 Å². The molecule has 1 aromatic rings. The first-order chi connectivity index (χ1) is 8.74. The minimum atomic E-state index is -0.0602. The van der Waals surface area contributed by atoms with Crippen molar-refractivity contribution in [3.8, 4) is 0 Å². The van der Waals surface area contributed by atoms with Crippen molar-refractivity contribution in [2.45, 2.75) is 32.2 Å². The number of carbonyl (C=O) groups is 1. The highest BCUT2D eigenvalue weighted by Gasteiger charge is 2.29. The fourth-order valence-electron chi connectivity index (χ4n) is 2.29. The number of hydrogen-bond acceptors (Lipinski definition) is 2. The van der Waals surface area contributed by atoms with Gasteiger partial charge in [-0.2, -0.15) is 0 Å². The van der Waals surface area contributed by atoms with Crippen molar-refractivity contribution in [1.82, 2.24) is 5.32 Å². The average molecular weight is 267 g/mol. The third kappa shape index (κ3) is 2.85. The fourth-order valence-corrected chi connectivity index (χ4v) is 2.53. The molecule has 1 heterocycles. The maximum Gasteiger partial charge on any atom is 0.244 e. The first-order valence-corrected chi connectivity index (χ1v) is 6.91. The van der Waals surface area contributed by atoms with Crippen LogP contribution in [0.1, 0.15) is 26.2 Å². The Morgan fingerprint density at radius 2 is 2.22 bits per heavy atom. The van der Waals surface area contributed by atoms with Crippen LogP contribution < -0.4 is 10.2 Å². The summed E-state index contributed by atoms with van der Waals surface area (Å²) in [4.78, 5) is 14.2. The average Bonchev–Trinajstić information content (AvgIpc) is 2.39. The Hall–Kier alpha value is -1.06. The molecule has 2 rings (SSSR count). The summed E-state index contributed by atoms with van der Waals surface area (Å²) in [6.45, 7) is 3.74. The molecule has 0 aromatic heterocycles. The standard InChI is InChI=1S/C14H19ClN2O/c1-2-9-16-12-7-5-10-17(14(12)18)13-8-4-3-6-11(13)15/h3-4,6,8,12,16H,2,5,7,9-10H2,1H3. The summed E-state index contributed by atoms with van der Waals surface area (Å²) in [7, 11) is 0. The van der Waals surface area contributed by atoms with Crippen LogP contribution in [0.25, 0.3) is 0 Å². The van der Waals surface area contributed by atoms with Crippen LogP contribution in [-0.2, 0) is 4.79 Å². The second kappa shape index (κ2) is 6.21. The summed E-state index contributed by atoms with van der Waals surface area (Å²) in [6.07, 6.45) is 2.97. The minimum Gasteiger partial charge on any atom is -0.310 e. The number of halogens is 1. The molecule has 1 saturated heterocycles. The van der Waals surface area contributed by atoms with Crippen LogP contribution in [0.2, 0.25) is 5.02 Å². The number of amides is 1. The topological polar surface area (TPSA) is 32.3 Å². The van der Waals surface area contributed by atoms with Gasteiger partial charge in [-0.25, -0.2) is 0 Å². The van der Waals surface area contributed by atoms with Crippen molar-refractivity contribution in [3.63, 3.8) is 0 Å². The molecule has 0 aliphatic carbocycles. The number of nitrogens with zero attached hydrogens (tertiary/aromatic N) is 1. The van der Waals surface area contributed by atoms with Gasteiger partial charge in [0.15, 0.2) is 0 Å². The number of carbonyl (C=O) groups excluding carboxylic acids is 1. The summed E-state index contributed by atoms with van der Waals surface area (Å²) in [5, 5.41) is 3.95. The van der Waals surface area contributed by atoms with Gasteiger partial charge in [0.05, 0.1) is 16.8 Å². The highest BCUT2D eigenvalue weighted by molar-refractivity contribution is 6.33. The number of nitrogens with one attached hydrogen (secondary N) is 1. The molecule has 0 radical (unpaired) electrons. The quantitative estimate of drug-likeness (QED) is 0.909. The molecule has 1 aliphatic rings. The zero-order valence-corrected chi connectivity index (χ0v) is 11.4. The molecule has 1 N–H and O–H groups in total. The maximum absolute atomic E-state index is 12.4. The smallest absolute Gasteiger partial charge is 0.244 e. The van der Waals surface area contributed by atoms with Crippen LogP contribution in [0.15, 0.2) is 24.3 Å². The van der Waals surface area contributed by atoms with E-state index < -0.39 is 0 Å². The van der Waals surface area contributed by atoms with Crippen molar-refractivity contribution in [2.75, 3.05) is 18.0 Å². The van der Waals surface area contributed by atoms with E-state index in [1.54, 1.807) is 4.90 Å². The van der Waals surface area contributed by atoms with Crippen molar-refractivity contribution >= 4 is 23.2 Å². The summed E-state index contributed by atoms with van der Waals surface area (Å²) in [5.74, 6) is 0.141. The van der Waals surface area contributed by atoms with Crippen LogP contribution in [0.4, 0.5) is 5.69 Å². The molecule has 1 unspecified atom stereocenters. The summed E-state index contributed by atoms with van der Waals surface area (Å²) in [6, 6.07) is 7.47. The fraction of sp³-hybridized carbons (Fsp3) is 0.500. The van der Waals surface area contributed by atoms with Crippen molar-refractivity contribution < 1.29 is 4.79 Å². The highest BCUT2D eigenvalue weighted by Crippen LogP contribution is 2.28. The Bertz CT molecular complexity index is 422. The second-order valence-electron chi connectivity index (χ2n) is 4.59. The first kappa shape index (κ1) is 13.4. The van der Waals surface area contributed by atoms with E-state index in [0.717, 1.165) is 38.0 Å². The Morgan fingerprint density at radius 1 is 1.44 bits per heavy atom. The van der Waals surface area contributed by atoms with Gasteiger partial charge in [0.2, 0.25) is 5.91 Å². The van der Waals surface area contributed by atoms with E-state index in [-0.39, 0.29) is 11.9 Å². The van der Waals surface area contributed by atoms with Crippen molar-refractivity contribution in [2.24, 2.45) is 0 Å². The monoisotopic (exact) mass is 266 g/mol. The van der Waals surface area contributed by atoms with Gasteiger partial charge in [-0.3, -0.25) is 4.79 Å². The molecule has 0 spiro atoms. The third-order valence-electron chi connectivity index (χ3n) is 3.22. The van der Waals surface area contributed by atoms with E-state index in [0.29, 0.717) is 5.02 Å². The lowest BCUT2D eigenvalue weighted by molar-refractivity contribution is -0.121. The number of anilines is 1. The summed E-state index contributed by atoms with van der Waals surface area (Å²) < 4.78 is 0. The van der Waals surface area contributed by atoms with E-state index in [4.69, 9.17) is 11.6 Å². The predicted octanol–water partition coefficient (Wildman–Crippen LogP) is 2.84. The summed E-state index contributed by atoms with van der Waals surface area (Å²) >= 11 is 6.16. The molecule has 4 heteroatoms. The molecule has 3 nitrogen and oxygen atoms in total. The molecule has 1 aromatic carbocycles. The largest absolute Gasteiger partial charge is 0.310 e. The highest BCUT2D eigenvalue weighted by atomic mass is 35.5. The molecular weight excluding hydrogens is 248 g/mol. The van der Waals surface area contributed by atoms with Crippen LogP contribution in [-0.4, -0.2) is 25.0 Å². The molecule has 1 fully saturated rings. The van der Waals surface area contributed by atoms with E-state index in [1.165, 1.54) is 0 Å². The van der Waals surface area contributed by atoms with Crippen molar-refractivity contribution in [1.29, 1.82) is 0 Å². The molecule has 18 heavy (non-hydrogen) atoms. The zero-order valence-electron chi connectivity index (χ0n) is 10.7. The molecule has 98 valence electrons. The molecule has 0 saturated carbocycles. The van der Waals surface area contributed by atoms with Gasteiger partial charge >= 0.3 is 0 Å². The third-order valence-corrected chi connectivity index (χ3v) is 3.54. The normalized spacial score (nSPS) is 20.2. The molecule has 1 amide bonds. The summed E-state index contributed by atoms with van der Waals surface area (Å²) in [5.41, 5.74) is 0.826. The van der Waals surface area contributed by atoms with Gasteiger partial charge in [0.25, 0.3) is 0 Å². The van der Waals surface area contributed by atoms with E-state index in [1.807, 2.05) is 24.3 Å². The lowest BCUT2D eigenvalue weighted by Gasteiger charge is -2.33. The number of rotatable bonds is 4. The van der Waals surface area contributed by atoms with E-state index in [9.17, 15) is 4.79 Å². The van der Waals surface area contributed by atoms with Crippen LogP contribution >= 0.6 is 11.6 Å². The van der Waals surface area contributed by atoms with Gasteiger partial charge in [-0.05, 0) is 37.9 Å². The van der Waals surface area contributed by atoms with E-state index >= 15 is 0 Å². The van der Waals surface area contributed by atoms with E-state index in [2.05, 4.69) is 12.2 Å². The predicted molar refractivity (Wildman–Crippen MR) is 75.1 cm³/mol. The molecule has 0 bridgehead atoms. The molecule has 1 aliphatic heterocycles. The molecule has 1 atom stereocenters. The number of benzene rings is 1. The SMILES string of the molecule is CCCNC1CCCN(c2ccccc2Cl)C1=O. The van der Waals surface area contributed by atoms with Crippen LogP contribution in [0.3, 0.4) is 0 Å². The van der Waals surface area contributed by atoms with Gasteiger partial charge in [-0.15, -0.1) is 0 Å². The lowest BCUT2D eigenvalue weighted by atomic mass is 10.0. The Kier molecular flexibility index (Phi) is 4.61. The Balaban J connectivity index is 2.14. The first-order valence-electron chi connectivity index (χ1n) is 6.53. The number of piperidine rings is 1. The lowest BCUT2D eigenvalue weighted by Crippen LogP contribution is -2.51. The maximum atomic E-state index is 12.4. The number of hydrogen-bond donors (Lipinski definition) is 1. The van der Waals surface area contributed by atoms with Gasteiger partial charge < -0.3 is 10.2 Å². The van der Waals surface area contributed by atoms with Gasteiger partial charge in [0.1, 0.15) is 0 Å². The molecular formula is C14H19ClN2O. The minimum absolute atomic E-state index is 0.0602.